The molecule has 1 amide bonds. The molecule has 2 heterocycles. The molecule has 34 heavy (non-hydrogen) atoms. The number of hydrogen-bond acceptors (Lipinski definition) is 6. The van der Waals surface area contributed by atoms with E-state index in [9.17, 15) is 4.79 Å². The highest BCUT2D eigenvalue weighted by molar-refractivity contribution is 7.98. The summed E-state index contributed by atoms with van der Waals surface area (Å²) in [6.07, 6.45) is 0. The summed E-state index contributed by atoms with van der Waals surface area (Å²) < 4.78 is 19.2. The van der Waals surface area contributed by atoms with Crippen molar-refractivity contribution in [1.29, 1.82) is 0 Å². The van der Waals surface area contributed by atoms with Gasteiger partial charge in [0.05, 0.1) is 31.2 Å². The minimum atomic E-state index is -0.254. The first-order chi connectivity index (χ1) is 16.4. The zero-order chi connectivity index (χ0) is 24.2. The number of thioether (sulfide) groups is 1. The topological polar surface area (TPSA) is 74.6 Å². The van der Waals surface area contributed by atoms with E-state index in [1.807, 2.05) is 25.5 Å². The fourth-order valence-corrected chi connectivity index (χ4v) is 5.14. The fourth-order valence-electron chi connectivity index (χ4n) is 4.10. The van der Waals surface area contributed by atoms with E-state index in [-0.39, 0.29) is 5.91 Å². The molecule has 1 aromatic heterocycles. The van der Waals surface area contributed by atoms with Gasteiger partial charge in [0, 0.05) is 22.6 Å². The monoisotopic (exact) mass is 481 g/mol. The molecule has 1 N–H and O–H groups in total. The van der Waals surface area contributed by atoms with Crippen molar-refractivity contribution in [2.24, 2.45) is 0 Å². The van der Waals surface area contributed by atoms with Crippen LogP contribution in [0.25, 0.3) is 5.69 Å². The van der Waals surface area contributed by atoms with Crippen molar-refractivity contribution in [2.75, 3.05) is 25.1 Å². The molecule has 0 bridgehead atoms. The SMILES string of the molecule is CCOc1cc(C(=O)Nc2c3c(nn2-c2cc(C)cc(C)c2)CSC3)cc(OCC)c1OCC. The maximum atomic E-state index is 13.5. The molecule has 0 spiro atoms. The van der Waals surface area contributed by atoms with Crippen LogP contribution in [0, 0.1) is 13.8 Å². The van der Waals surface area contributed by atoms with Gasteiger partial charge in [0.15, 0.2) is 11.5 Å². The molecule has 0 unspecified atom stereocenters. The average molecular weight is 482 g/mol. The number of aryl methyl sites for hydroxylation is 2. The standard InChI is InChI=1S/C26H31N3O4S/c1-6-31-22-12-18(13-23(32-7-2)24(22)33-8-3)26(30)27-25-20-14-34-15-21(20)28-29(25)19-10-16(4)9-17(5)11-19/h9-13H,6-8,14-15H2,1-5H3,(H,27,30). The molecule has 2 aromatic carbocycles. The summed E-state index contributed by atoms with van der Waals surface area (Å²) in [5, 5.41) is 7.97. The van der Waals surface area contributed by atoms with Crippen molar-refractivity contribution in [3.8, 4) is 22.9 Å². The Kier molecular flexibility index (Phi) is 7.36. The van der Waals surface area contributed by atoms with E-state index in [0.717, 1.165) is 39.6 Å². The first-order valence-corrected chi connectivity index (χ1v) is 12.8. The van der Waals surface area contributed by atoms with Crippen LogP contribution in [-0.4, -0.2) is 35.5 Å². The highest BCUT2D eigenvalue weighted by Crippen LogP contribution is 2.40. The maximum Gasteiger partial charge on any atom is 0.257 e. The summed E-state index contributed by atoms with van der Waals surface area (Å²) in [6.45, 7) is 11.2. The maximum absolute atomic E-state index is 13.5. The Balaban J connectivity index is 1.74. The third kappa shape index (κ3) is 4.87. The number of carbonyl (C=O) groups excluding carboxylic acids is 1. The highest BCUT2D eigenvalue weighted by atomic mass is 32.2. The van der Waals surface area contributed by atoms with Crippen molar-refractivity contribution >= 4 is 23.5 Å². The first-order valence-electron chi connectivity index (χ1n) is 11.6. The van der Waals surface area contributed by atoms with Crippen LogP contribution < -0.4 is 19.5 Å². The molecule has 4 rings (SSSR count). The smallest absolute Gasteiger partial charge is 0.257 e. The van der Waals surface area contributed by atoms with E-state index in [4.69, 9.17) is 19.3 Å². The lowest BCUT2D eigenvalue weighted by Gasteiger charge is -2.17. The van der Waals surface area contributed by atoms with E-state index in [1.54, 1.807) is 23.9 Å². The van der Waals surface area contributed by atoms with Gasteiger partial charge in [-0.3, -0.25) is 4.79 Å². The Hall–Kier alpha value is -3.13. The molecule has 0 fully saturated rings. The largest absolute Gasteiger partial charge is 0.490 e. The quantitative estimate of drug-likeness (QED) is 0.424. The number of amides is 1. The third-order valence-electron chi connectivity index (χ3n) is 5.41. The molecular weight excluding hydrogens is 450 g/mol. The average Bonchev–Trinajstić information content (AvgIpc) is 3.38. The Labute approximate surface area is 204 Å². The molecule has 0 atom stereocenters. The van der Waals surface area contributed by atoms with Crippen LogP contribution in [0.2, 0.25) is 0 Å². The molecule has 1 aliphatic rings. The molecule has 3 aromatic rings. The number of ether oxygens (including phenoxy) is 3. The Morgan fingerprint density at radius 1 is 0.941 bits per heavy atom. The summed E-state index contributed by atoms with van der Waals surface area (Å²) in [4.78, 5) is 13.5. The molecule has 0 saturated heterocycles. The number of benzene rings is 2. The number of hydrogen-bond donors (Lipinski definition) is 1. The molecule has 0 radical (unpaired) electrons. The number of fused-ring (bicyclic) bond motifs is 1. The molecule has 0 aliphatic carbocycles. The number of aromatic nitrogens is 2. The Morgan fingerprint density at radius 3 is 2.15 bits per heavy atom. The Morgan fingerprint density at radius 2 is 1.56 bits per heavy atom. The second-order valence-corrected chi connectivity index (χ2v) is 9.06. The van der Waals surface area contributed by atoms with Gasteiger partial charge in [-0.05, 0) is 70.0 Å². The first kappa shape index (κ1) is 24.0. The van der Waals surface area contributed by atoms with Crippen LogP contribution in [0.15, 0.2) is 30.3 Å². The summed E-state index contributed by atoms with van der Waals surface area (Å²) in [7, 11) is 0. The fraction of sp³-hybridized carbons (Fsp3) is 0.385. The molecule has 7 nitrogen and oxygen atoms in total. The summed E-state index contributed by atoms with van der Waals surface area (Å²) in [5.74, 6) is 3.60. The van der Waals surface area contributed by atoms with E-state index in [2.05, 4.69) is 37.4 Å². The molecular formula is C26H31N3O4S. The van der Waals surface area contributed by atoms with Gasteiger partial charge in [-0.2, -0.15) is 16.9 Å². The van der Waals surface area contributed by atoms with Gasteiger partial charge in [0.1, 0.15) is 5.82 Å². The second kappa shape index (κ2) is 10.4. The van der Waals surface area contributed by atoms with Crippen LogP contribution in [0.5, 0.6) is 17.2 Å². The minimum absolute atomic E-state index is 0.254. The van der Waals surface area contributed by atoms with Gasteiger partial charge < -0.3 is 19.5 Å². The van der Waals surface area contributed by atoms with Crippen molar-refractivity contribution in [3.05, 3.63) is 58.3 Å². The van der Waals surface area contributed by atoms with Gasteiger partial charge in [-0.25, -0.2) is 4.68 Å². The van der Waals surface area contributed by atoms with E-state index >= 15 is 0 Å². The number of nitrogens with one attached hydrogen (secondary N) is 1. The van der Waals surface area contributed by atoms with Crippen LogP contribution in [0.4, 0.5) is 5.82 Å². The van der Waals surface area contributed by atoms with Crippen LogP contribution in [-0.2, 0) is 11.5 Å². The minimum Gasteiger partial charge on any atom is -0.490 e. The normalized spacial score (nSPS) is 12.4. The van der Waals surface area contributed by atoms with Crippen molar-refractivity contribution < 1.29 is 19.0 Å². The van der Waals surface area contributed by atoms with Gasteiger partial charge in [-0.15, -0.1) is 0 Å². The highest BCUT2D eigenvalue weighted by Gasteiger charge is 2.26. The number of rotatable bonds is 9. The van der Waals surface area contributed by atoms with Gasteiger partial charge >= 0.3 is 0 Å². The zero-order valence-electron chi connectivity index (χ0n) is 20.4. The van der Waals surface area contributed by atoms with E-state index < -0.39 is 0 Å². The summed E-state index contributed by atoms with van der Waals surface area (Å²) in [5.41, 5.74) is 5.74. The number of anilines is 1. The van der Waals surface area contributed by atoms with E-state index in [0.29, 0.717) is 48.5 Å². The van der Waals surface area contributed by atoms with Gasteiger partial charge in [-0.1, -0.05) is 6.07 Å². The van der Waals surface area contributed by atoms with Crippen molar-refractivity contribution in [2.45, 2.75) is 46.1 Å². The van der Waals surface area contributed by atoms with Crippen LogP contribution in [0.3, 0.4) is 0 Å². The zero-order valence-corrected chi connectivity index (χ0v) is 21.2. The summed E-state index contributed by atoms with van der Waals surface area (Å²) >= 11 is 1.80. The molecule has 1 aliphatic heterocycles. The lowest BCUT2D eigenvalue weighted by Crippen LogP contribution is -2.17. The van der Waals surface area contributed by atoms with Gasteiger partial charge in [0.25, 0.3) is 5.91 Å². The second-order valence-electron chi connectivity index (χ2n) is 8.08. The molecule has 180 valence electrons. The third-order valence-corrected chi connectivity index (χ3v) is 6.38. The lowest BCUT2D eigenvalue weighted by molar-refractivity contribution is 0.102. The number of carbonyl (C=O) groups is 1. The Bertz CT molecular complexity index is 1160. The number of nitrogens with zero attached hydrogens (tertiary/aromatic N) is 2. The predicted octanol–water partition coefficient (Wildman–Crippen LogP) is 5.68. The van der Waals surface area contributed by atoms with Crippen molar-refractivity contribution in [1.82, 2.24) is 9.78 Å². The molecule has 8 heteroatoms. The lowest BCUT2D eigenvalue weighted by atomic mass is 10.1. The van der Waals surface area contributed by atoms with E-state index in [1.165, 1.54) is 0 Å². The van der Waals surface area contributed by atoms with Gasteiger partial charge in [0.2, 0.25) is 5.75 Å². The predicted molar refractivity (Wildman–Crippen MR) is 136 cm³/mol. The summed E-state index contributed by atoms with van der Waals surface area (Å²) in [6, 6.07) is 9.70. The van der Waals surface area contributed by atoms with Crippen LogP contribution in [0.1, 0.15) is 53.5 Å². The van der Waals surface area contributed by atoms with Crippen molar-refractivity contribution in [3.63, 3.8) is 0 Å². The van der Waals surface area contributed by atoms with Crippen LogP contribution >= 0.6 is 11.8 Å². The molecule has 0 saturated carbocycles.